The Balaban J connectivity index is 1.64. The van der Waals surface area contributed by atoms with Gasteiger partial charge in [0.15, 0.2) is 6.61 Å². The summed E-state index contributed by atoms with van der Waals surface area (Å²) < 4.78 is 17.2. The maximum atomic E-state index is 11.4. The summed E-state index contributed by atoms with van der Waals surface area (Å²) in [5, 5.41) is 3.34. The Morgan fingerprint density at radius 2 is 1.90 bits per heavy atom. The zero-order chi connectivity index (χ0) is 21.8. The van der Waals surface area contributed by atoms with Crippen LogP contribution in [0.3, 0.4) is 0 Å². The molecule has 0 fully saturated rings. The monoisotopic (exact) mass is 480 g/mol. The molecule has 0 saturated carbocycles. The normalized spacial score (nSPS) is 11.2. The third-order valence-electron chi connectivity index (χ3n) is 5.48. The van der Waals surface area contributed by atoms with Gasteiger partial charge >= 0.3 is 5.97 Å². The van der Waals surface area contributed by atoms with Crippen LogP contribution in [0.4, 0.5) is 0 Å². The molecule has 0 unspecified atom stereocenters. The molecule has 0 aliphatic carbocycles. The largest absolute Gasteiger partial charge is 0.481 e. The Morgan fingerprint density at radius 1 is 1.06 bits per heavy atom. The van der Waals surface area contributed by atoms with E-state index in [9.17, 15) is 4.79 Å². The van der Waals surface area contributed by atoms with E-state index in [1.807, 2.05) is 24.3 Å². The van der Waals surface area contributed by atoms with E-state index in [2.05, 4.69) is 57.9 Å². The van der Waals surface area contributed by atoms with Gasteiger partial charge in [-0.1, -0.05) is 55.8 Å². The summed E-state index contributed by atoms with van der Waals surface area (Å²) in [6, 6.07) is 18.6. The van der Waals surface area contributed by atoms with Crippen LogP contribution >= 0.6 is 15.9 Å². The van der Waals surface area contributed by atoms with Crippen LogP contribution in [0.5, 0.6) is 5.75 Å². The number of rotatable bonds is 8. The van der Waals surface area contributed by atoms with Gasteiger partial charge in [-0.3, -0.25) is 0 Å². The fraction of sp³-hybridized carbons (Fsp3) is 0.269. The minimum absolute atomic E-state index is 0.118. The number of aryl methyl sites for hydroxylation is 1. The molecule has 4 nitrogen and oxygen atoms in total. The van der Waals surface area contributed by atoms with E-state index in [0.29, 0.717) is 5.75 Å². The zero-order valence-corrected chi connectivity index (χ0v) is 19.3. The molecule has 0 atom stereocenters. The van der Waals surface area contributed by atoms with E-state index in [1.54, 1.807) is 0 Å². The Morgan fingerprint density at radius 3 is 2.71 bits per heavy atom. The standard InChI is InChI=1S/C26H25BrO4/c1-3-4-8-23-21(20-7-5-6-9-22(20)31-23)15-17-10-12-19-18(14-17)11-13-24(26(19)27)30-16-25(28)29-2/h5-7,9-14H,3-4,8,15-16H2,1-2H3. The molecule has 0 radical (unpaired) electrons. The van der Waals surface area contributed by atoms with Crippen molar-refractivity contribution in [1.82, 2.24) is 0 Å². The van der Waals surface area contributed by atoms with Gasteiger partial charge in [-0.2, -0.15) is 0 Å². The lowest BCUT2D eigenvalue weighted by Crippen LogP contribution is -2.12. The number of esters is 1. The zero-order valence-electron chi connectivity index (χ0n) is 17.7. The van der Waals surface area contributed by atoms with Crippen molar-refractivity contribution in [2.45, 2.75) is 32.6 Å². The van der Waals surface area contributed by atoms with E-state index >= 15 is 0 Å². The highest BCUT2D eigenvalue weighted by Crippen LogP contribution is 2.35. The van der Waals surface area contributed by atoms with Crippen molar-refractivity contribution in [2.75, 3.05) is 13.7 Å². The molecule has 0 bridgehead atoms. The molecule has 0 aliphatic heterocycles. The first-order chi connectivity index (χ1) is 15.1. The van der Waals surface area contributed by atoms with Crippen molar-refractivity contribution in [2.24, 2.45) is 0 Å². The molecule has 3 aromatic carbocycles. The smallest absolute Gasteiger partial charge is 0.343 e. The average Bonchev–Trinajstić information content (AvgIpc) is 3.14. The van der Waals surface area contributed by atoms with Gasteiger partial charge in [-0.05, 0) is 50.8 Å². The van der Waals surface area contributed by atoms with Crippen LogP contribution in [0.15, 0.2) is 63.5 Å². The third kappa shape index (κ3) is 4.62. The van der Waals surface area contributed by atoms with Crippen LogP contribution < -0.4 is 4.74 Å². The van der Waals surface area contributed by atoms with E-state index in [4.69, 9.17) is 9.15 Å². The number of hydrogen-bond donors (Lipinski definition) is 0. The Bertz CT molecular complexity index is 1230. The number of para-hydroxylation sites is 1. The average molecular weight is 481 g/mol. The lowest BCUT2D eigenvalue weighted by Gasteiger charge is -2.11. The second-order valence-corrected chi connectivity index (χ2v) is 8.37. The van der Waals surface area contributed by atoms with Gasteiger partial charge in [0.2, 0.25) is 0 Å². The maximum absolute atomic E-state index is 11.4. The predicted molar refractivity (Wildman–Crippen MR) is 127 cm³/mol. The van der Waals surface area contributed by atoms with Crippen LogP contribution in [0.1, 0.15) is 36.7 Å². The van der Waals surface area contributed by atoms with E-state index in [1.165, 1.54) is 23.6 Å². The number of hydrogen-bond acceptors (Lipinski definition) is 4. The van der Waals surface area contributed by atoms with Gasteiger partial charge in [0, 0.05) is 23.8 Å². The minimum atomic E-state index is -0.409. The van der Waals surface area contributed by atoms with Crippen molar-refractivity contribution in [3.8, 4) is 5.75 Å². The number of carbonyl (C=O) groups is 1. The molecule has 0 N–H and O–H groups in total. The molecule has 5 heteroatoms. The van der Waals surface area contributed by atoms with Crippen LogP contribution in [0, 0.1) is 0 Å². The van der Waals surface area contributed by atoms with Crippen LogP contribution in [-0.2, 0) is 22.4 Å². The molecule has 4 rings (SSSR count). The first-order valence-electron chi connectivity index (χ1n) is 10.5. The fourth-order valence-corrected chi connectivity index (χ4v) is 4.43. The molecule has 4 aromatic rings. The van der Waals surface area contributed by atoms with Crippen molar-refractivity contribution in [3.05, 3.63) is 76.0 Å². The first kappa shape index (κ1) is 21.4. The van der Waals surface area contributed by atoms with Gasteiger partial charge < -0.3 is 13.9 Å². The number of unbranched alkanes of at least 4 members (excludes halogenated alkanes) is 1. The number of carbonyl (C=O) groups excluding carboxylic acids is 1. The molecule has 160 valence electrons. The van der Waals surface area contributed by atoms with E-state index in [0.717, 1.165) is 52.3 Å². The highest BCUT2D eigenvalue weighted by atomic mass is 79.9. The van der Waals surface area contributed by atoms with Gasteiger partial charge in [-0.15, -0.1) is 0 Å². The number of benzene rings is 3. The number of methoxy groups -OCH3 is 1. The first-order valence-corrected chi connectivity index (χ1v) is 11.3. The number of ether oxygens (including phenoxy) is 2. The van der Waals surface area contributed by atoms with Crippen molar-refractivity contribution in [1.29, 1.82) is 0 Å². The quantitative estimate of drug-likeness (QED) is 0.259. The van der Waals surface area contributed by atoms with Gasteiger partial charge in [0.05, 0.1) is 11.6 Å². The Kier molecular flexibility index (Phi) is 6.62. The molecule has 0 spiro atoms. The molecular formula is C26H25BrO4. The molecule has 1 aromatic heterocycles. The van der Waals surface area contributed by atoms with Crippen LogP contribution in [0.2, 0.25) is 0 Å². The summed E-state index contributed by atoms with van der Waals surface area (Å²) in [6.45, 7) is 2.08. The Labute approximate surface area is 190 Å². The van der Waals surface area contributed by atoms with Crippen LogP contribution in [0.25, 0.3) is 21.7 Å². The third-order valence-corrected chi connectivity index (χ3v) is 6.29. The second kappa shape index (κ2) is 9.56. The molecule has 31 heavy (non-hydrogen) atoms. The SMILES string of the molecule is CCCCc1oc2ccccc2c1Cc1ccc2c(Br)c(OCC(=O)OC)ccc2c1. The maximum Gasteiger partial charge on any atom is 0.343 e. The number of fused-ring (bicyclic) bond motifs is 2. The minimum Gasteiger partial charge on any atom is -0.481 e. The second-order valence-electron chi connectivity index (χ2n) is 7.58. The molecule has 0 aliphatic rings. The lowest BCUT2D eigenvalue weighted by molar-refractivity contribution is -0.142. The highest BCUT2D eigenvalue weighted by molar-refractivity contribution is 9.10. The number of halogens is 1. The van der Waals surface area contributed by atoms with Gasteiger partial charge in [-0.25, -0.2) is 4.79 Å². The lowest BCUT2D eigenvalue weighted by atomic mass is 9.97. The van der Waals surface area contributed by atoms with Crippen molar-refractivity contribution in [3.63, 3.8) is 0 Å². The van der Waals surface area contributed by atoms with E-state index < -0.39 is 5.97 Å². The highest BCUT2D eigenvalue weighted by Gasteiger charge is 2.15. The van der Waals surface area contributed by atoms with Crippen molar-refractivity contribution < 1.29 is 18.7 Å². The summed E-state index contributed by atoms with van der Waals surface area (Å²) in [5.74, 6) is 1.30. The summed E-state index contributed by atoms with van der Waals surface area (Å²) in [5.41, 5.74) is 3.46. The van der Waals surface area contributed by atoms with Crippen molar-refractivity contribution >= 4 is 43.6 Å². The van der Waals surface area contributed by atoms with Gasteiger partial charge in [0.1, 0.15) is 17.1 Å². The molecule has 0 saturated heterocycles. The van der Waals surface area contributed by atoms with Crippen LogP contribution in [-0.4, -0.2) is 19.7 Å². The summed E-state index contributed by atoms with van der Waals surface area (Å²) in [4.78, 5) is 11.4. The Hall–Kier alpha value is -2.79. The summed E-state index contributed by atoms with van der Waals surface area (Å²) >= 11 is 3.62. The van der Waals surface area contributed by atoms with Gasteiger partial charge in [0.25, 0.3) is 0 Å². The molecule has 0 amide bonds. The summed E-state index contributed by atoms with van der Waals surface area (Å²) in [7, 11) is 1.35. The fourth-order valence-electron chi connectivity index (χ4n) is 3.83. The number of furan rings is 1. The summed E-state index contributed by atoms with van der Waals surface area (Å²) in [6.07, 6.45) is 4.04. The molecular weight excluding hydrogens is 456 g/mol. The van der Waals surface area contributed by atoms with E-state index in [-0.39, 0.29) is 6.61 Å². The predicted octanol–water partition coefficient (Wildman–Crippen LogP) is 6.83. The topological polar surface area (TPSA) is 48.7 Å². The molecule has 1 heterocycles.